The Bertz CT molecular complexity index is 939. The van der Waals surface area contributed by atoms with Crippen LogP contribution in [0.5, 0.6) is 0 Å². The highest BCUT2D eigenvalue weighted by Gasteiger charge is 2.25. The first-order valence-corrected chi connectivity index (χ1v) is 15.3. The van der Waals surface area contributed by atoms with E-state index in [1.807, 2.05) is 42.0 Å². The summed E-state index contributed by atoms with van der Waals surface area (Å²) in [5.74, 6) is -0.759. The first-order valence-electron chi connectivity index (χ1n) is 15.3. The minimum absolute atomic E-state index is 0.127. The number of rotatable bonds is 22. The van der Waals surface area contributed by atoms with Crippen LogP contribution >= 0.6 is 0 Å². The summed E-state index contributed by atoms with van der Waals surface area (Å²) in [7, 11) is 0. The third kappa shape index (κ3) is 11.6. The number of nitrogens with zero attached hydrogens (tertiary/aromatic N) is 1. The largest absolute Gasteiger partial charge is 0.381 e. The molecule has 6 nitrogen and oxygen atoms in total. The quantitative estimate of drug-likeness (QED) is 0.144. The predicted octanol–water partition coefficient (Wildman–Crippen LogP) is 6.97. The molecule has 0 aliphatic carbocycles. The molecule has 38 heavy (non-hydrogen) atoms. The number of carbonyl (C=O) groups excluding carboxylic acids is 2. The molecule has 0 spiro atoms. The Labute approximate surface area is 230 Å². The second kappa shape index (κ2) is 18.8. The van der Waals surface area contributed by atoms with Crippen LogP contribution in [0.15, 0.2) is 30.5 Å². The van der Waals surface area contributed by atoms with Gasteiger partial charge in [0.2, 0.25) is 5.91 Å². The van der Waals surface area contributed by atoms with Gasteiger partial charge in [-0.15, -0.1) is 0 Å². The zero-order valence-corrected chi connectivity index (χ0v) is 24.1. The number of unbranched alkanes of at least 4 members (excludes halogenated alkanes) is 15. The van der Waals surface area contributed by atoms with E-state index in [2.05, 4.69) is 12.2 Å². The highest BCUT2D eigenvalue weighted by Crippen LogP contribution is 2.26. The van der Waals surface area contributed by atoms with E-state index in [1.54, 1.807) is 0 Å². The lowest BCUT2D eigenvalue weighted by Gasteiger charge is -2.21. The fourth-order valence-corrected chi connectivity index (χ4v) is 5.30. The molecule has 4 N–H and O–H groups in total. The van der Waals surface area contributed by atoms with Crippen molar-refractivity contribution in [3.8, 4) is 0 Å². The summed E-state index contributed by atoms with van der Waals surface area (Å²) in [4.78, 5) is 24.1. The minimum Gasteiger partial charge on any atom is -0.381 e. The number of aliphatic hydroxyl groups excluding tert-OH is 1. The molecular formula is C32H53N3O3. The fraction of sp³-hybridized carbons (Fsp3) is 0.688. The Kier molecular flexibility index (Phi) is 15.8. The van der Waals surface area contributed by atoms with E-state index >= 15 is 0 Å². The SMILES string of the molecule is CCCCCCCCCCCCCCCCCCNC(=O)[C@H](O)[C@H](C)n1cc(CC(N)=O)c2ccccc21. The molecule has 0 aliphatic heterocycles. The average Bonchev–Trinajstić information content (AvgIpc) is 3.27. The Morgan fingerprint density at radius 1 is 0.842 bits per heavy atom. The first kappa shape index (κ1) is 31.9. The van der Waals surface area contributed by atoms with Crippen molar-refractivity contribution in [3.05, 3.63) is 36.0 Å². The second-order valence-corrected chi connectivity index (χ2v) is 11.0. The van der Waals surface area contributed by atoms with Crippen LogP contribution in [0.1, 0.15) is 128 Å². The topological polar surface area (TPSA) is 97.3 Å². The van der Waals surface area contributed by atoms with Gasteiger partial charge in [-0.25, -0.2) is 0 Å². The molecule has 1 aromatic carbocycles. The zero-order chi connectivity index (χ0) is 27.6. The van der Waals surface area contributed by atoms with Crippen molar-refractivity contribution in [2.45, 2.75) is 135 Å². The molecule has 0 saturated carbocycles. The number of aromatic nitrogens is 1. The Balaban J connectivity index is 1.54. The van der Waals surface area contributed by atoms with Gasteiger partial charge in [-0.1, -0.05) is 121 Å². The van der Waals surface area contributed by atoms with Crippen LogP contribution in [0.25, 0.3) is 10.9 Å². The van der Waals surface area contributed by atoms with Gasteiger partial charge < -0.3 is 20.7 Å². The standard InChI is InChI=1S/C32H53N3O3/c1-3-4-5-6-7-8-9-10-11-12-13-14-15-16-17-20-23-34-32(38)31(37)26(2)35-25-27(24-30(33)36)28-21-18-19-22-29(28)35/h18-19,21-22,25-26,31,37H,3-17,20,23-24H2,1-2H3,(H2,33,36)(H,34,38)/t26-,31+/m0/s1. The van der Waals surface area contributed by atoms with Crippen LogP contribution in [0.2, 0.25) is 0 Å². The van der Waals surface area contributed by atoms with Gasteiger partial charge in [0.25, 0.3) is 5.91 Å². The molecule has 0 unspecified atom stereocenters. The molecule has 6 heteroatoms. The Hall–Kier alpha value is -2.34. The molecule has 2 amide bonds. The molecule has 214 valence electrons. The molecule has 0 saturated heterocycles. The van der Waals surface area contributed by atoms with E-state index in [0.717, 1.165) is 29.3 Å². The molecule has 2 rings (SSSR count). The normalized spacial score (nSPS) is 13.0. The third-order valence-electron chi connectivity index (χ3n) is 7.68. The number of nitrogens with one attached hydrogen (secondary N) is 1. The second-order valence-electron chi connectivity index (χ2n) is 11.0. The fourth-order valence-electron chi connectivity index (χ4n) is 5.30. The molecular weight excluding hydrogens is 474 g/mol. The van der Waals surface area contributed by atoms with Crippen molar-refractivity contribution in [1.82, 2.24) is 9.88 Å². The monoisotopic (exact) mass is 527 g/mol. The third-order valence-corrected chi connectivity index (χ3v) is 7.68. The number of aliphatic hydroxyl groups is 1. The predicted molar refractivity (Wildman–Crippen MR) is 158 cm³/mol. The van der Waals surface area contributed by atoms with E-state index in [4.69, 9.17) is 5.73 Å². The highest BCUT2D eigenvalue weighted by atomic mass is 16.3. The number of benzene rings is 1. The van der Waals surface area contributed by atoms with Crippen molar-refractivity contribution >= 4 is 22.7 Å². The maximum Gasteiger partial charge on any atom is 0.251 e. The van der Waals surface area contributed by atoms with Crippen LogP contribution < -0.4 is 11.1 Å². The molecule has 2 aromatic rings. The lowest BCUT2D eigenvalue weighted by molar-refractivity contribution is -0.131. The molecule has 0 bridgehead atoms. The number of amides is 2. The summed E-state index contributed by atoms with van der Waals surface area (Å²) >= 11 is 0. The van der Waals surface area contributed by atoms with E-state index in [0.29, 0.717) is 6.54 Å². The maximum absolute atomic E-state index is 12.6. The van der Waals surface area contributed by atoms with Crippen LogP contribution in [0.4, 0.5) is 0 Å². The van der Waals surface area contributed by atoms with Gasteiger partial charge >= 0.3 is 0 Å². The molecule has 1 heterocycles. The van der Waals surface area contributed by atoms with Gasteiger partial charge in [0, 0.05) is 23.6 Å². The average molecular weight is 528 g/mol. The van der Waals surface area contributed by atoms with Crippen molar-refractivity contribution in [2.75, 3.05) is 6.54 Å². The van der Waals surface area contributed by atoms with Crippen LogP contribution in [-0.4, -0.2) is 34.1 Å². The Morgan fingerprint density at radius 3 is 1.87 bits per heavy atom. The lowest BCUT2D eigenvalue weighted by Crippen LogP contribution is -2.39. The lowest BCUT2D eigenvalue weighted by atomic mass is 10.0. The first-order chi connectivity index (χ1) is 18.5. The van der Waals surface area contributed by atoms with Crippen molar-refractivity contribution in [3.63, 3.8) is 0 Å². The van der Waals surface area contributed by atoms with E-state index < -0.39 is 18.1 Å². The van der Waals surface area contributed by atoms with Gasteiger partial charge in [-0.05, 0) is 25.0 Å². The number of primary amides is 1. The smallest absolute Gasteiger partial charge is 0.251 e. The number of fused-ring (bicyclic) bond motifs is 1. The highest BCUT2D eigenvalue weighted by molar-refractivity contribution is 5.89. The van der Waals surface area contributed by atoms with Gasteiger partial charge in [0.15, 0.2) is 6.10 Å². The van der Waals surface area contributed by atoms with E-state index in [1.165, 1.54) is 89.9 Å². The van der Waals surface area contributed by atoms with Gasteiger partial charge in [0.1, 0.15) is 0 Å². The zero-order valence-electron chi connectivity index (χ0n) is 24.1. The summed E-state index contributed by atoms with van der Waals surface area (Å²) in [6.45, 7) is 4.67. The number of para-hydroxylation sites is 1. The van der Waals surface area contributed by atoms with Crippen molar-refractivity contribution in [1.29, 1.82) is 0 Å². The molecule has 0 fully saturated rings. The summed E-state index contributed by atoms with van der Waals surface area (Å²) < 4.78 is 1.87. The summed E-state index contributed by atoms with van der Waals surface area (Å²) in [5.41, 5.74) is 7.08. The molecule has 1 aromatic heterocycles. The summed E-state index contributed by atoms with van der Waals surface area (Å²) in [5, 5.41) is 14.5. The number of hydrogen-bond acceptors (Lipinski definition) is 3. The number of hydrogen-bond donors (Lipinski definition) is 3. The molecule has 0 aliphatic rings. The maximum atomic E-state index is 12.6. The summed E-state index contributed by atoms with van der Waals surface area (Å²) in [6.07, 6.45) is 21.9. The van der Waals surface area contributed by atoms with E-state index in [9.17, 15) is 14.7 Å². The van der Waals surface area contributed by atoms with Crippen molar-refractivity contribution in [2.24, 2.45) is 5.73 Å². The molecule has 0 radical (unpaired) electrons. The van der Waals surface area contributed by atoms with Gasteiger partial charge in [0.05, 0.1) is 12.5 Å². The number of nitrogens with two attached hydrogens (primary N) is 1. The Morgan fingerprint density at radius 2 is 1.34 bits per heavy atom. The number of carbonyl (C=O) groups is 2. The van der Waals surface area contributed by atoms with Crippen LogP contribution in [-0.2, 0) is 16.0 Å². The van der Waals surface area contributed by atoms with Crippen LogP contribution in [0, 0.1) is 0 Å². The minimum atomic E-state index is -1.17. The van der Waals surface area contributed by atoms with Crippen molar-refractivity contribution < 1.29 is 14.7 Å². The molecule has 2 atom stereocenters. The van der Waals surface area contributed by atoms with Gasteiger partial charge in [-0.2, -0.15) is 0 Å². The van der Waals surface area contributed by atoms with E-state index in [-0.39, 0.29) is 12.3 Å². The van der Waals surface area contributed by atoms with Crippen LogP contribution in [0.3, 0.4) is 0 Å². The van der Waals surface area contributed by atoms with Gasteiger partial charge in [-0.3, -0.25) is 9.59 Å². The summed E-state index contributed by atoms with van der Waals surface area (Å²) in [6, 6.07) is 7.21.